The first-order valence-corrected chi connectivity index (χ1v) is 8.11. The molecular formula is C13H21NO2S2. The highest BCUT2D eigenvalue weighted by molar-refractivity contribution is 7.99. The van der Waals surface area contributed by atoms with Crippen molar-refractivity contribution >= 4 is 29.1 Å². The molecule has 1 rings (SSSR count). The smallest absolute Gasteiger partial charge is 0.317 e. The summed E-state index contributed by atoms with van der Waals surface area (Å²) < 4.78 is 5.10. The molecule has 18 heavy (non-hydrogen) atoms. The number of nitrogens with zero attached hydrogens (tertiary/aromatic N) is 1. The number of aromatic nitrogens is 1. The third-order valence-corrected chi connectivity index (χ3v) is 4.95. The number of carbonyl (C=O) groups is 1. The minimum Gasteiger partial charge on any atom is -0.465 e. The highest BCUT2D eigenvalue weighted by atomic mass is 32.2. The van der Waals surface area contributed by atoms with Crippen molar-refractivity contribution in [1.29, 1.82) is 0 Å². The molecule has 0 fully saturated rings. The van der Waals surface area contributed by atoms with E-state index in [1.165, 1.54) is 0 Å². The Hall–Kier alpha value is -0.550. The summed E-state index contributed by atoms with van der Waals surface area (Å²) in [6.45, 7) is 10.2. The molecule has 0 saturated carbocycles. The van der Waals surface area contributed by atoms with Crippen LogP contribution >= 0.6 is 23.1 Å². The molecule has 102 valence electrons. The van der Waals surface area contributed by atoms with Crippen LogP contribution in [-0.4, -0.2) is 23.3 Å². The Bertz CT molecular complexity index is 401. The first kappa shape index (κ1) is 15.5. The Morgan fingerprint density at radius 3 is 2.78 bits per heavy atom. The molecule has 0 saturated heterocycles. The minimum atomic E-state index is -0.665. The van der Waals surface area contributed by atoms with Crippen LogP contribution in [0.4, 0.5) is 0 Å². The molecule has 0 N–H and O–H groups in total. The Morgan fingerprint density at radius 2 is 2.22 bits per heavy atom. The zero-order valence-corrected chi connectivity index (χ0v) is 13.3. The maximum absolute atomic E-state index is 11.9. The van der Waals surface area contributed by atoms with Gasteiger partial charge in [0.15, 0.2) is 0 Å². The van der Waals surface area contributed by atoms with Gasteiger partial charge in [0, 0.05) is 5.38 Å². The maximum atomic E-state index is 11.9. The van der Waals surface area contributed by atoms with Gasteiger partial charge in [0.25, 0.3) is 0 Å². The van der Waals surface area contributed by atoms with Gasteiger partial charge in [0.2, 0.25) is 0 Å². The number of thioether (sulfide) groups is 1. The molecule has 1 aromatic rings. The van der Waals surface area contributed by atoms with Crippen LogP contribution in [0.25, 0.3) is 0 Å². The van der Waals surface area contributed by atoms with E-state index in [9.17, 15) is 4.79 Å². The number of esters is 1. The molecule has 3 nitrogen and oxygen atoms in total. The Morgan fingerprint density at radius 1 is 1.56 bits per heavy atom. The van der Waals surface area contributed by atoms with Crippen LogP contribution in [0, 0.1) is 0 Å². The van der Waals surface area contributed by atoms with Crippen molar-refractivity contribution in [1.82, 2.24) is 4.98 Å². The fraction of sp³-hybridized carbons (Fsp3) is 0.692. The number of hydrogen-bond donors (Lipinski definition) is 0. The van der Waals surface area contributed by atoms with Crippen molar-refractivity contribution in [2.75, 3.05) is 12.4 Å². The zero-order valence-electron chi connectivity index (χ0n) is 11.6. The Kier molecular flexibility index (Phi) is 5.66. The normalized spacial score (nSPS) is 13.4. The van der Waals surface area contributed by atoms with E-state index in [1.807, 2.05) is 37.9 Å². The number of hydrogen-bond acceptors (Lipinski definition) is 5. The van der Waals surface area contributed by atoms with Crippen molar-refractivity contribution < 1.29 is 9.53 Å². The predicted octanol–water partition coefficient (Wildman–Crippen LogP) is 3.80. The first-order valence-electron chi connectivity index (χ1n) is 6.18. The molecule has 0 aliphatic carbocycles. The third kappa shape index (κ3) is 3.48. The van der Waals surface area contributed by atoms with Crippen LogP contribution in [0.1, 0.15) is 50.6 Å². The van der Waals surface area contributed by atoms with Crippen molar-refractivity contribution in [2.24, 2.45) is 0 Å². The second kappa shape index (κ2) is 6.57. The summed E-state index contributed by atoms with van der Waals surface area (Å²) in [5, 5.41) is 3.43. The summed E-state index contributed by atoms with van der Waals surface area (Å²) in [6.07, 6.45) is 0. The first-order chi connectivity index (χ1) is 8.43. The van der Waals surface area contributed by atoms with Crippen LogP contribution in [0.3, 0.4) is 0 Å². The number of ether oxygens (including phenoxy) is 1. The van der Waals surface area contributed by atoms with E-state index < -0.39 is 5.41 Å². The van der Waals surface area contributed by atoms with E-state index in [2.05, 4.69) is 18.8 Å². The Balaban J connectivity index is 2.87. The van der Waals surface area contributed by atoms with Crippen molar-refractivity contribution in [2.45, 2.75) is 45.3 Å². The second-order valence-electron chi connectivity index (χ2n) is 4.51. The summed E-state index contributed by atoms with van der Waals surface area (Å²) in [5.41, 5.74) is 0.144. The molecule has 0 spiro atoms. The van der Waals surface area contributed by atoms with Crippen LogP contribution in [-0.2, 0) is 14.9 Å². The van der Waals surface area contributed by atoms with Crippen LogP contribution in [0.15, 0.2) is 5.38 Å². The Labute approximate surface area is 117 Å². The summed E-state index contributed by atoms with van der Waals surface area (Å²) in [5.74, 6) is 0.856. The van der Waals surface area contributed by atoms with Gasteiger partial charge in [-0.25, -0.2) is 4.98 Å². The standard InChI is InChI=1S/C13H21NO2S2/c1-6-16-12(15)13(4,5)10-8-18-11(14-10)9(3)17-7-2/h8-9H,6-7H2,1-5H3/t9-/m1/s1. The summed E-state index contributed by atoms with van der Waals surface area (Å²) in [4.78, 5) is 16.5. The van der Waals surface area contributed by atoms with Crippen molar-refractivity contribution in [3.8, 4) is 0 Å². The number of thiazole rings is 1. The quantitative estimate of drug-likeness (QED) is 0.746. The largest absolute Gasteiger partial charge is 0.465 e. The molecule has 0 aromatic carbocycles. The fourth-order valence-corrected chi connectivity index (χ4v) is 3.49. The van der Waals surface area contributed by atoms with Gasteiger partial charge >= 0.3 is 5.97 Å². The second-order valence-corrected chi connectivity index (χ2v) is 7.02. The highest BCUT2D eigenvalue weighted by Gasteiger charge is 2.34. The lowest BCUT2D eigenvalue weighted by Crippen LogP contribution is -2.31. The molecular weight excluding hydrogens is 266 g/mol. The van der Waals surface area contributed by atoms with E-state index in [0.29, 0.717) is 11.9 Å². The van der Waals surface area contributed by atoms with Crippen LogP contribution in [0.5, 0.6) is 0 Å². The SMILES string of the molecule is CCOC(=O)C(C)(C)c1csc([C@@H](C)SCC)n1. The molecule has 0 amide bonds. The number of carbonyl (C=O) groups excluding carboxylic acids is 1. The van der Waals surface area contributed by atoms with Gasteiger partial charge in [0.1, 0.15) is 10.4 Å². The molecule has 1 aromatic heterocycles. The molecule has 1 atom stereocenters. The molecule has 5 heteroatoms. The molecule has 0 radical (unpaired) electrons. The van der Waals surface area contributed by atoms with Gasteiger partial charge in [0.05, 0.1) is 17.6 Å². The molecule has 0 bridgehead atoms. The van der Waals surface area contributed by atoms with E-state index in [-0.39, 0.29) is 5.97 Å². The maximum Gasteiger partial charge on any atom is 0.317 e. The van der Waals surface area contributed by atoms with Crippen LogP contribution in [0.2, 0.25) is 0 Å². The fourth-order valence-electron chi connectivity index (χ4n) is 1.50. The van der Waals surface area contributed by atoms with E-state index in [1.54, 1.807) is 11.3 Å². The van der Waals surface area contributed by atoms with Gasteiger partial charge < -0.3 is 4.74 Å². The summed E-state index contributed by atoms with van der Waals surface area (Å²) in [6, 6.07) is 0. The zero-order chi connectivity index (χ0) is 13.8. The average Bonchev–Trinajstić information content (AvgIpc) is 2.79. The summed E-state index contributed by atoms with van der Waals surface area (Å²) >= 11 is 3.48. The van der Waals surface area contributed by atoms with Gasteiger partial charge in [-0.3, -0.25) is 4.79 Å². The third-order valence-electron chi connectivity index (χ3n) is 2.71. The minimum absolute atomic E-state index is 0.211. The van der Waals surface area contributed by atoms with Crippen molar-refractivity contribution in [3.63, 3.8) is 0 Å². The monoisotopic (exact) mass is 287 g/mol. The van der Waals surface area contributed by atoms with E-state index in [0.717, 1.165) is 16.5 Å². The molecule has 0 aliphatic rings. The lowest BCUT2D eigenvalue weighted by Gasteiger charge is -2.19. The van der Waals surface area contributed by atoms with Gasteiger partial charge in [-0.2, -0.15) is 11.8 Å². The molecule has 0 unspecified atom stereocenters. The van der Waals surface area contributed by atoms with E-state index >= 15 is 0 Å². The lowest BCUT2D eigenvalue weighted by atomic mass is 9.90. The molecule has 1 heterocycles. The van der Waals surface area contributed by atoms with Gasteiger partial charge in [-0.05, 0) is 33.4 Å². The van der Waals surface area contributed by atoms with Gasteiger partial charge in [-0.1, -0.05) is 6.92 Å². The van der Waals surface area contributed by atoms with Crippen LogP contribution < -0.4 is 0 Å². The van der Waals surface area contributed by atoms with E-state index in [4.69, 9.17) is 4.74 Å². The average molecular weight is 287 g/mol. The highest BCUT2D eigenvalue weighted by Crippen LogP contribution is 2.33. The topological polar surface area (TPSA) is 39.2 Å². The number of rotatable bonds is 6. The van der Waals surface area contributed by atoms with Gasteiger partial charge in [-0.15, -0.1) is 11.3 Å². The predicted molar refractivity (Wildman–Crippen MR) is 78.3 cm³/mol. The lowest BCUT2D eigenvalue weighted by molar-refractivity contribution is -0.148. The van der Waals surface area contributed by atoms with Crippen molar-refractivity contribution in [3.05, 3.63) is 16.1 Å². The summed E-state index contributed by atoms with van der Waals surface area (Å²) in [7, 11) is 0. The molecule has 0 aliphatic heterocycles.